The van der Waals surface area contributed by atoms with Crippen LogP contribution in [0.3, 0.4) is 0 Å². The van der Waals surface area contributed by atoms with Crippen LogP contribution in [0.5, 0.6) is 0 Å². The third kappa shape index (κ3) is 7.72. The highest BCUT2D eigenvalue weighted by Crippen LogP contribution is 2.21. The van der Waals surface area contributed by atoms with Crippen LogP contribution in [-0.4, -0.2) is 11.8 Å². The normalized spacial score (nSPS) is 19.0. The molecular weight excluding hydrogens is 250 g/mol. The first-order valence-corrected chi connectivity index (χ1v) is 7.36. The van der Waals surface area contributed by atoms with Crippen molar-refractivity contribution < 1.29 is 9.59 Å². The number of carbonyl (C=O) groups excluding carboxylic acids is 2. The smallest absolute Gasteiger partial charge is 0.233 e. The Labute approximate surface area is 123 Å². The van der Waals surface area contributed by atoms with Crippen LogP contribution in [-0.2, 0) is 9.59 Å². The molecule has 3 heteroatoms. The van der Waals surface area contributed by atoms with Crippen LogP contribution in [0.1, 0.15) is 54.4 Å². The molecule has 1 atom stereocenters. The molecule has 1 unspecified atom stereocenters. The molecule has 1 heterocycles. The molecule has 0 aliphatic carbocycles. The first kappa shape index (κ1) is 20.7. The van der Waals surface area contributed by atoms with Crippen LogP contribution in [0.25, 0.3) is 0 Å². The maximum atomic E-state index is 11.6. The van der Waals surface area contributed by atoms with Crippen molar-refractivity contribution in [3.8, 4) is 0 Å². The summed E-state index contributed by atoms with van der Waals surface area (Å²) in [5.74, 6) is -0.533. The van der Waals surface area contributed by atoms with Gasteiger partial charge in [0.1, 0.15) is 0 Å². The third-order valence-electron chi connectivity index (χ3n) is 2.62. The van der Waals surface area contributed by atoms with Gasteiger partial charge in [0.25, 0.3) is 0 Å². The average molecular weight is 279 g/mol. The van der Waals surface area contributed by atoms with E-state index in [-0.39, 0.29) is 17.7 Å². The molecule has 0 aromatic rings. The van der Waals surface area contributed by atoms with Crippen molar-refractivity contribution >= 4 is 11.8 Å². The van der Waals surface area contributed by atoms with E-state index in [0.29, 0.717) is 12.8 Å². The molecule has 0 radical (unpaired) electrons. The van der Waals surface area contributed by atoms with E-state index in [1.165, 1.54) is 0 Å². The number of amides is 2. The first-order chi connectivity index (χ1) is 9.54. The maximum absolute atomic E-state index is 11.6. The molecule has 114 valence electrons. The molecule has 1 fully saturated rings. The number of nitrogens with one attached hydrogen (secondary N) is 1. The second kappa shape index (κ2) is 12.4. The summed E-state index contributed by atoms with van der Waals surface area (Å²) < 4.78 is 0. The van der Waals surface area contributed by atoms with Gasteiger partial charge in [-0.05, 0) is 20.3 Å². The van der Waals surface area contributed by atoms with Crippen molar-refractivity contribution in [3.63, 3.8) is 0 Å². The summed E-state index contributed by atoms with van der Waals surface area (Å²) in [6, 6.07) is 0. The maximum Gasteiger partial charge on any atom is 0.233 e. The van der Waals surface area contributed by atoms with Crippen molar-refractivity contribution in [2.24, 2.45) is 5.92 Å². The Morgan fingerprint density at radius 1 is 1.20 bits per heavy atom. The van der Waals surface area contributed by atoms with E-state index in [1.807, 2.05) is 53.7 Å². The van der Waals surface area contributed by atoms with Crippen molar-refractivity contribution in [1.82, 2.24) is 5.32 Å². The minimum atomic E-state index is -0.184. The number of allylic oxidation sites excluding steroid dienone is 4. The standard InChI is InChI=1S/C13H17NO2.2C2H6/c1-4-5-9(2)8-10(3)11-6-7-12(15)14-13(11)16;2*1-2/h4-5,8,11H,1,6-7H2,2-3H3,(H,14,15,16);2*1-2H3/b9-5-,10-8+;;. The van der Waals surface area contributed by atoms with Gasteiger partial charge in [-0.15, -0.1) is 0 Å². The molecule has 0 saturated carbocycles. The fraction of sp³-hybridized carbons (Fsp3) is 0.529. The highest BCUT2D eigenvalue weighted by molar-refractivity contribution is 5.99. The number of imide groups is 1. The van der Waals surface area contributed by atoms with Crippen molar-refractivity contribution in [1.29, 1.82) is 0 Å². The lowest BCUT2D eigenvalue weighted by Gasteiger charge is -2.21. The summed E-state index contributed by atoms with van der Waals surface area (Å²) in [5, 5.41) is 2.36. The van der Waals surface area contributed by atoms with E-state index in [1.54, 1.807) is 6.08 Å². The highest BCUT2D eigenvalue weighted by Gasteiger charge is 2.27. The Morgan fingerprint density at radius 3 is 2.20 bits per heavy atom. The number of piperidine rings is 1. The number of carbonyl (C=O) groups is 2. The average Bonchev–Trinajstić information content (AvgIpc) is 2.43. The summed E-state index contributed by atoms with van der Waals surface area (Å²) >= 11 is 0. The van der Waals surface area contributed by atoms with Crippen LogP contribution in [0.4, 0.5) is 0 Å². The van der Waals surface area contributed by atoms with E-state index in [9.17, 15) is 9.59 Å². The third-order valence-corrected chi connectivity index (χ3v) is 2.62. The van der Waals surface area contributed by atoms with Gasteiger partial charge in [-0.3, -0.25) is 14.9 Å². The van der Waals surface area contributed by atoms with E-state index in [2.05, 4.69) is 11.9 Å². The molecule has 0 aromatic heterocycles. The van der Waals surface area contributed by atoms with Crippen LogP contribution in [0.2, 0.25) is 0 Å². The lowest BCUT2D eigenvalue weighted by molar-refractivity contribution is -0.135. The van der Waals surface area contributed by atoms with Crippen molar-refractivity contribution in [3.05, 3.63) is 36.0 Å². The largest absolute Gasteiger partial charge is 0.296 e. The number of hydrogen-bond donors (Lipinski definition) is 1. The fourth-order valence-electron chi connectivity index (χ4n) is 1.82. The molecule has 1 aliphatic rings. The number of rotatable bonds is 3. The second-order valence-corrected chi connectivity index (χ2v) is 4.04. The minimum Gasteiger partial charge on any atom is -0.296 e. The van der Waals surface area contributed by atoms with Gasteiger partial charge in [0.2, 0.25) is 11.8 Å². The highest BCUT2D eigenvalue weighted by atomic mass is 16.2. The van der Waals surface area contributed by atoms with Gasteiger partial charge < -0.3 is 0 Å². The van der Waals surface area contributed by atoms with Crippen LogP contribution in [0, 0.1) is 5.92 Å². The van der Waals surface area contributed by atoms with Gasteiger partial charge in [-0.1, -0.05) is 63.6 Å². The van der Waals surface area contributed by atoms with Gasteiger partial charge in [-0.2, -0.15) is 0 Å². The summed E-state index contributed by atoms with van der Waals surface area (Å²) in [6.45, 7) is 15.5. The SMILES string of the molecule is C=C/C=C(C)\C=C(/C)C1CCC(=O)NC1=O.CC.CC. The zero-order valence-corrected chi connectivity index (χ0v) is 13.7. The Balaban J connectivity index is 0. The zero-order chi connectivity index (χ0) is 16.1. The van der Waals surface area contributed by atoms with Gasteiger partial charge in [0, 0.05) is 6.42 Å². The fourth-order valence-corrected chi connectivity index (χ4v) is 1.82. The predicted molar refractivity (Wildman–Crippen MR) is 86.3 cm³/mol. The first-order valence-electron chi connectivity index (χ1n) is 7.36. The van der Waals surface area contributed by atoms with E-state index >= 15 is 0 Å². The Hall–Kier alpha value is -1.64. The molecule has 0 bridgehead atoms. The Kier molecular flexibility index (Phi) is 12.8. The van der Waals surface area contributed by atoms with Crippen LogP contribution in [0.15, 0.2) is 36.0 Å². The molecular formula is C17H29NO2. The molecule has 20 heavy (non-hydrogen) atoms. The lowest BCUT2D eigenvalue weighted by atomic mass is 9.90. The predicted octanol–water partition coefficient (Wildman–Crippen LogP) is 4.17. The molecule has 1 aliphatic heterocycles. The molecule has 1 rings (SSSR count). The Morgan fingerprint density at radius 2 is 1.75 bits per heavy atom. The second-order valence-electron chi connectivity index (χ2n) is 4.04. The van der Waals surface area contributed by atoms with Gasteiger partial charge in [0.15, 0.2) is 0 Å². The van der Waals surface area contributed by atoms with Gasteiger partial charge in [0.05, 0.1) is 5.92 Å². The molecule has 1 saturated heterocycles. The van der Waals surface area contributed by atoms with Crippen LogP contribution >= 0.6 is 0 Å². The molecule has 0 aromatic carbocycles. The van der Waals surface area contributed by atoms with Gasteiger partial charge >= 0.3 is 0 Å². The summed E-state index contributed by atoms with van der Waals surface area (Å²) in [4.78, 5) is 22.6. The van der Waals surface area contributed by atoms with Gasteiger partial charge in [-0.25, -0.2) is 0 Å². The monoisotopic (exact) mass is 279 g/mol. The minimum absolute atomic E-state index is 0.174. The Bertz CT molecular complexity index is 378. The lowest BCUT2D eigenvalue weighted by Crippen LogP contribution is -2.41. The van der Waals surface area contributed by atoms with E-state index in [0.717, 1.165) is 11.1 Å². The molecule has 3 nitrogen and oxygen atoms in total. The zero-order valence-electron chi connectivity index (χ0n) is 13.7. The molecule has 1 N–H and O–H groups in total. The van der Waals surface area contributed by atoms with Crippen molar-refractivity contribution in [2.75, 3.05) is 0 Å². The van der Waals surface area contributed by atoms with Crippen LogP contribution < -0.4 is 5.32 Å². The molecule has 0 spiro atoms. The topological polar surface area (TPSA) is 46.2 Å². The van der Waals surface area contributed by atoms with Crippen molar-refractivity contribution in [2.45, 2.75) is 54.4 Å². The molecule has 2 amide bonds. The quantitative estimate of drug-likeness (QED) is 0.622. The summed E-state index contributed by atoms with van der Waals surface area (Å²) in [7, 11) is 0. The van der Waals surface area contributed by atoms with E-state index < -0.39 is 0 Å². The number of hydrogen-bond acceptors (Lipinski definition) is 2. The summed E-state index contributed by atoms with van der Waals surface area (Å²) in [5.41, 5.74) is 2.04. The van der Waals surface area contributed by atoms with E-state index in [4.69, 9.17) is 0 Å². The summed E-state index contributed by atoms with van der Waals surface area (Å²) in [6.07, 6.45) is 6.58.